The Morgan fingerprint density at radius 1 is 0.406 bits per heavy atom. The molecule has 0 fully saturated rings. The molecule has 3 aromatic carbocycles. The van der Waals surface area contributed by atoms with Crippen molar-refractivity contribution in [3.05, 3.63) is 82.6 Å². The molecule has 0 N–H and O–H groups in total. The van der Waals surface area contributed by atoms with Crippen LogP contribution in [0.5, 0.6) is 0 Å². The van der Waals surface area contributed by atoms with Crippen LogP contribution in [-0.2, 0) is 0 Å². The third-order valence-electron chi connectivity index (χ3n) is 6.12. The Morgan fingerprint density at radius 3 is 1.25 bits per heavy atom. The SMILES string of the molecule is Cc1ccc(-c2cc3ccc4c5ccc6cc(-c7ccc(C)s7)sc6c5ccc4c3s2)s1. The molecule has 0 saturated carbocycles. The number of hydrogen-bond acceptors (Lipinski definition) is 4. The van der Waals surface area contributed by atoms with Gasteiger partial charge in [-0.3, -0.25) is 0 Å². The van der Waals surface area contributed by atoms with E-state index in [4.69, 9.17) is 0 Å². The summed E-state index contributed by atoms with van der Waals surface area (Å²) in [6.45, 7) is 4.36. The maximum absolute atomic E-state index is 2.35. The van der Waals surface area contributed by atoms with E-state index in [1.54, 1.807) is 0 Å². The molecule has 7 rings (SSSR count). The summed E-state index contributed by atoms with van der Waals surface area (Å²) in [5.41, 5.74) is 0. The van der Waals surface area contributed by atoms with Gasteiger partial charge in [0.2, 0.25) is 0 Å². The summed E-state index contributed by atoms with van der Waals surface area (Å²) in [6, 6.07) is 27.6. The van der Waals surface area contributed by atoms with Crippen LogP contribution in [-0.4, -0.2) is 0 Å². The third-order valence-corrected chi connectivity index (χ3v) is 10.9. The van der Waals surface area contributed by atoms with Crippen LogP contribution in [0.4, 0.5) is 0 Å². The average Bonchev–Trinajstić information content (AvgIpc) is 3.57. The summed E-state index contributed by atoms with van der Waals surface area (Å²) >= 11 is 7.61. The van der Waals surface area contributed by atoms with Gasteiger partial charge in [-0.25, -0.2) is 0 Å². The van der Waals surface area contributed by atoms with Gasteiger partial charge in [-0.15, -0.1) is 45.3 Å². The summed E-state index contributed by atoms with van der Waals surface area (Å²) in [5, 5.41) is 8.13. The lowest BCUT2D eigenvalue weighted by Crippen LogP contribution is -1.78. The van der Waals surface area contributed by atoms with Gasteiger partial charge in [0.1, 0.15) is 0 Å². The fourth-order valence-electron chi connectivity index (χ4n) is 4.59. The van der Waals surface area contributed by atoms with Gasteiger partial charge in [0, 0.05) is 49.4 Å². The van der Waals surface area contributed by atoms with Crippen molar-refractivity contribution in [3.63, 3.8) is 0 Å². The fraction of sp³-hybridized carbons (Fsp3) is 0.0714. The van der Waals surface area contributed by atoms with E-state index < -0.39 is 0 Å². The molecule has 0 atom stereocenters. The molecule has 4 heteroatoms. The summed E-state index contributed by atoms with van der Waals surface area (Å²) in [6.07, 6.45) is 0. The Balaban J connectivity index is 1.46. The van der Waals surface area contributed by atoms with Crippen LogP contribution in [0.25, 0.3) is 61.2 Å². The normalized spacial score (nSPS) is 12.1. The van der Waals surface area contributed by atoms with Crippen LogP contribution in [0.2, 0.25) is 0 Å². The van der Waals surface area contributed by atoms with Gasteiger partial charge in [0.15, 0.2) is 0 Å². The van der Waals surface area contributed by atoms with Gasteiger partial charge in [-0.2, -0.15) is 0 Å². The van der Waals surface area contributed by atoms with Crippen LogP contribution in [0.1, 0.15) is 9.75 Å². The Bertz CT molecular complexity index is 1670. The molecular weight excluding hydrogens is 465 g/mol. The van der Waals surface area contributed by atoms with Crippen LogP contribution in [0, 0.1) is 13.8 Å². The first-order valence-corrected chi connectivity index (χ1v) is 13.9. The minimum absolute atomic E-state index is 1.34. The van der Waals surface area contributed by atoms with Crippen molar-refractivity contribution in [2.45, 2.75) is 13.8 Å². The highest BCUT2D eigenvalue weighted by Crippen LogP contribution is 2.44. The average molecular weight is 483 g/mol. The van der Waals surface area contributed by atoms with Gasteiger partial charge in [0.05, 0.1) is 0 Å². The predicted octanol–water partition coefficient (Wildman–Crippen LogP) is 10.5. The molecule has 0 nitrogen and oxygen atoms in total. The highest BCUT2D eigenvalue weighted by Gasteiger charge is 2.14. The molecule has 154 valence electrons. The van der Waals surface area contributed by atoms with E-state index in [0.29, 0.717) is 0 Å². The second kappa shape index (κ2) is 7.00. The van der Waals surface area contributed by atoms with Crippen molar-refractivity contribution in [2.24, 2.45) is 0 Å². The maximum atomic E-state index is 2.35. The second-order valence-corrected chi connectivity index (χ2v) is 12.9. The molecule has 0 saturated heterocycles. The fourth-order valence-corrected chi connectivity index (χ4v) is 8.86. The topological polar surface area (TPSA) is 0 Å². The molecule has 0 aliphatic heterocycles. The quantitative estimate of drug-likeness (QED) is 0.215. The molecule has 32 heavy (non-hydrogen) atoms. The number of aryl methyl sites for hydroxylation is 2. The highest BCUT2D eigenvalue weighted by molar-refractivity contribution is 7.27. The number of rotatable bonds is 2. The first-order chi connectivity index (χ1) is 15.6. The minimum Gasteiger partial charge on any atom is -0.140 e. The zero-order chi connectivity index (χ0) is 21.4. The lowest BCUT2D eigenvalue weighted by molar-refractivity contribution is 1.64. The molecule has 4 heterocycles. The molecule has 0 spiro atoms. The molecule has 7 aromatic rings. The number of hydrogen-bond donors (Lipinski definition) is 0. The van der Waals surface area contributed by atoms with Gasteiger partial charge < -0.3 is 0 Å². The molecular formula is C28H18S4. The third kappa shape index (κ3) is 2.84. The van der Waals surface area contributed by atoms with E-state index in [0.717, 1.165) is 0 Å². The van der Waals surface area contributed by atoms with Crippen molar-refractivity contribution >= 4 is 87.1 Å². The summed E-state index contributed by atoms with van der Waals surface area (Å²) < 4.78 is 2.79. The smallest absolute Gasteiger partial charge is 0.0455 e. The number of thiophene rings is 4. The van der Waals surface area contributed by atoms with Gasteiger partial charge >= 0.3 is 0 Å². The first kappa shape index (κ1) is 19.0. The van der Waals surface area contributed by atoms with Crippen molar-refractivity contribution in [1.29, 1.82) is 0 Å². The molecule has 4 aromatic heterocycles. The molecule has 0 amide bonds. The zero-order valence-electron chi connectivity index (χ0n) is 17.6. The van der Waals surface area contributed by atoms with Gasteiger partial charge in [-0.05, 0) is 71.8 Å². The standard InChI is InChI=1S/C28H18S4/c1-15-3-11-23(29-15)25-13-17-5-7-19-20-8-6-18-14-26(24-12-4-16(2)30-24)32-28(18)22(20)10-9-21(19)27(17)31-25/h3-14H,1-2H3. The summed E-state index contributed by atoms with van der Waals surface area (Å²) in [7, 11) is 0. The highest BCUT2D eigenvalue weighted by atomic mass is 32.1. The first-order valence-electron chi connectivity index (χ1n) is 10.6. The summed E-state index contributed by atoms with van der Waals surface area (Å²) in [5.74, 6) is 0. The van der Waals surface area contributed by atoms with E-state index in [9.17, 15) is 0 Å². The Hall–Kier alpha value is -2.50. The molecule has 0 unspecified atom stereocenters. The van der Waals surface area contributed by atoms with E-state index >= 15 is 0 Å². The largest absolute Gasteiger partial charge is 0.140 e. The van der Waals surface area contributed by atoms with Gasteiger partial charge in [0.25, 0.3) is 0 Å². The molecule has 0 aliphatic carbocycles. The van der Waals surface area contributed by atoms with Crippen LogP contribution in [0.3, 0.4) is 0 Å². The van der Waals surface area contributed by atoms with Crippen molar-refractivity contribution in [1.82, 2.24) is 0 Å². The van der Waals surface area contributed by atoms with Gasteiger partial charge in [-0.1, -0.05) is 36.4 Å². The van der Waals surface area contributed by atoms with E-state index in [1.807, 2.05) is 45.3 Å². The summed E-state index contributed by atoms with van der Waals surface area (Å²) in [4.78, 5) is 8.21. The van der Waals surface area contributed by atoms with Crippen molar-refractivity contribution in [3.8, 4) is 19.5 Å². The monoisotopic (exact) mass is 482 g/mol. The van der Waals surface area contributed by atoms with Crippen molar-refractivity contribution < 1.29 is 0 Å². The van der Waals surface area contributed by atoms with Crippen LogP contribution >= 0.6 is 45.3 Å². The van der Waals surface area contributed by atoms with Crippen molar-refractivity contribution in [2.75, 3.05) is 0 Å². The molecule has 0 radical (unpaired) electrons. The maximum Gasteiger partial charge on any atom is 0.0455 e. The Labute approximate surface area is 202 Å². The number of fused-ring (bicyclic) bond motifs is 7. The Kier molecular flexibility index (Phi) is 4.16. The lowest BCUT2D eigenvalue weighted by Gasteiger charge is -2.06. The van der Waals surface area contributed by atoms with Crippen LogP contribution < -0.4 is 0 Å². The minimum atomic E-state index is 1.34. The van der Waals surface area contributed by atoms with E-state index in [-0.39, 0.29) is 0 Å². The van der Waals surface area contributed by atoms with E-state index in [2.05, 4.69) is 86.6 Å². The molecule has 0 aliphatic rings. The van der Waals surface area contributed by atoms with Crippen LogP contribution in [0.15, 0.2) is 72.8 Å². The number of benzene rings is 3. The Morgan fingerprint density at radius 2 is 0.844 bits per heavy atom. The zero-order valence-corrected chi connectivity index (χ0v) is 20.8. The lowest BCUT2D eigenvalue weighted by atomic mass is 10.00. The predicted molar refractivity (Wildman–Crippen MR) is 148 cm³/mol. The van der Waals surface area contributed by atoms with E-state index in [1.165, 1.54) is 71.0 Å². The molecule has 0 bridgehead atoms. The second-order valence-electron chi connectivity index (χ2n) is 8.27.